The molecule has 1 unspecified atom stereocenters. The van der Waals surface area contributed by atoms with Crippen molar-refractivity contribution in [1.82, 2.24) is 4.98 Å². The first kappa shape index (κ1) is 11.2. The largest absolute Gasteiger partial charge is 0.495 e. The van der Waals surface area contributed by atoms with Crippen molar-refractivity contribution in [3.05, 3.63) is 18.3 Å². The molecule has 4 heteroatoms. The molecule has 1 fully saturated rings. The maximum absolute atomic E-state index is 5.58. The van der Waals surface area contributed by atoms with Crippen LogP contribution in [-0.4, -0.2) is 31.7 Å². The van der Waals surface area contributed by atoms with Gasteiger partial charge in [-0.1, -0.05) is 0 Å². The highest BCUT2D eigenvalue weighted by atomic mass is 16.5. The monoisotopic (exact) mass is 221 g/mol. The van der Waals surface area contributed by atoms with E-state index in [9.17, 15) is 0 Å². The highest BCUT2D eigenvalue weighted by molar-refractivity contribution is 5.41. The van der Waals surface area contributed by atoms with Gasteiger partial charge in [-0.2, -0.15) is 0 Å². The molecule has 0 aromatic carbocycles. The zero-order valence-electron chi connectivity index (χ0n) is 9.72. The number of nitrogens with two attached hydrogens (primary N) is 1. The second kappa shape index (κ2) is 5.16. The second-order valence-electron chi connectivity index (χ2n) is 4.23. The first-order chi connectivity index (χ1) is 7.83. The van der Waals surface area contributed by atoms with Crippen molar-refractivity contribution in [2.75, 3.05) is 31.6 Å². The number of ether oxygens (including phenoxy) is 1. The summed E-state index contributed by atoms with van der Waals surface area (Å²) in [6, 6.07) is 3.97. The van der Waals surface area contributed by atoms with E-state index in [1.807, 2.05) is 12.1 Å². The van der Waals surface area contributed by atoms with Crippen LogP contribution in [0.1, 0.15) is 12.8 Å². The Balaban J connectivity index is 1.97. The SMILES string of the molecule is COc1ccc(N2CCC(CCN)C2)nc1. The van der Waals surface area contributed by atoms with Gasteiger partial charge in [-0.15, -0.1) is 0 Å². The average Bonchev–Trinajstić information content (AvgIpc) is 2.78. The average molecular weight is 221 g/mol. The van der Waals surface area contributed by atoms with Gasteiger partial charge in [0.2, 0.25) is 0 Å². The molecule has 2 N–H and O–H groups in total. The Bertz CT molecular complexity index is 326. The molecule has 0 saturated carbocycles. The lowest BCUT2D eigenvalue weighted by atomic mass is 10.1. The van der Waals surface area contributed by atoms with Crippen LogP contribution in [0.3, 0.4) is 0 Å². The molecule has 0 spiro atoms. The van der Waals surface area contributed by atoms with Crippen LogP contribution in [0.15, 0.2) is 18.3 Å². The molecule has 0 aliphatic carbocycles. The third-order valence-corrected chi connectivity index (χ3v) is 3.14. The predicted molar refractivity (Wildman–Crippen MR) is 64.8 cm³/mol. The third kappa shape index (κ3) is 2.44. The van der Waals surface area contributed by atoms with Crippen molar-refractivity contribution < 1.29 is 4.74 Å². The predicted octanol–water partition coefficient (Wildman–Crippen LogP) is 1.27. The molecule has 4 nitrogen and oxygen atoms in total. The molecular weight excluding hydrogens is 202 g/mol. The van der Waals surface area contributed by atoms with Gasteiger partial charge in [0.25, 0.3) is 0 Å². The van der Waals surface area contributed by atoms with Crippen molar-refractivity contribution in [3.63, 3.8) is 0 Å². The van der Waals surface area contributed by atoms with Crippen molar-refractivity contribution in [2.45, 2.75) is 12.8 Å². The number of rotatable bonds is 4. The second-order valence-corrected chi connectivity index (χ2v) is 4.23. The molecular formula is C12H19N3O. The summed E-state index contributed by atoms with van der Waals surface area (Å²) in [5.74, 6) is 2.58. The van der Waals surface area contributed by atoms with Gasteiger partial charge in [-0.25, -0.2) is 4.98 Å². The third-order valence-electron chi connectivity index (χ3n) is 3.14. The standard InChI is InChI=1S/C12H19N3O/c1-16-11-2-3-12(14-8-11)15-7-5-10(9-15)4-6-13/h2-3,8,10H,4-7,9,13H2,1H3. The minimum atomic E-state index is 0.730. The van der Waals surface area contributed by atoms with E-state index in [1.54, 1.807) is 13.3 Å². The summed E-state index contributed by atoms with van der Waals surface area (Å²) in [7, 11) is 1.66. The van der Waals surface area contributed by atoms with Crippen molar-refractivity contribution in [2.24, 2.45) is 11.7 Å². The van der Waals surface area contributed by atoms with E-state index in [0.29, 0.717) is 0 Å². The van der Waals surface area contributed by atoms with E-state index < -0.39 is 0 Å². The first-order valence-corrected chi connectivity index (χ1v) is 5.78. The Morgan fingerprint density at radius 3 is 3.06 bits per heavy atom. The maximum atomic E-state index is 5.58. The van der Waals surface area contributed by atoms with Gasteiger partial charge in [-0.05, 0) is 37.4 Å². The fourth-order valence-electron chi connectivity index (χ4n) is 2.19. The Labute approximate surface area is 96.4 Å². The number of hydrogen-bond acceptors (Lipinski definition) is 4. The summed E-state index contributed by atoms with van der Waals surface area (Å²) in [5.41, 5.74) is 5.58. The van der Waals surface area contributed by atoms with Crippen molar-refractivity contribution in [1.29, 1.82) is 0 Å². The normalized spacial score (nSPS) is 20.1. The van der Waals surface area contributed by atoms with E-state index in [-0.39, 0.29) is 0 Å². The summed E-state index contributed by atoms with van der Waals surface area (Å²) < 4.78 is 5.09. The van der Waals surface area contributed by atoms with Crippen LogP contribution in [0.25, 0.3) is 0 Å². The van der Waals surface area contributed by atoms with Gasteiger partial charge in [0.05, 0.1) is 13.3 Å². The zero-order chi connectivity index (χ0) is 11.4. The molecule has 1 atom stereocenters. The highest BCUT2D eigenvalue weighted by Crippen LogP contribution is 2.24. The smallest absolute Gasteiger partial charge is 0.137 e. The fraction of sp³-hybridized carbons (Fsp3) is 0.583. The Hall–Kier alpha value is -1.29. The molecule has 1 aliphatic rings. The molecule has 1 aromatic heterocycles. The molecule has 2 heterocycles. The first-order valence-electron chi connectivity index (χ1n) is 5.78. The Kier molecular flexibility index (Phi) is 3.62. The molecule has 2 rings (SSSR count). The molecule has 1 aromatic rings. The molecule has 0 radical (unpaired) electrons. The molecule has 1 aliphatic heterocycles. The number of methoxy groups -OCH3 is 1. The summed E-state index contributed by atoms with van der Waals surface area (Å²) in [4.78, 5) is 6.71. The lowest BCUT2D eigenvalue weighted by Gasteiger charge is -2.17. The summed E-state index contributed by atoms with van der Waals surface area (Å²) in [6.45, 7) is 2.95. The molecule has 88 valence electrons. The maximum Gasteiger partial charge on any atom is 0.137 e. The van der Waals surface area contributed by atoms with Crippen LogP contribution in [-0.2, 0) is 0 Å². The topological polar surface area (TPSA) is 51.4 Å². The Morgan fingerprint density at radius 1 is 1.56 bits per heavy atom. The van der Waals surface area contributed by atoms with E-state index in [4.69, 9.17) is 10.5 Å². The van der Waals surface area contributed by atoms with Crippen LogP contribution in [0.4, 0.5) is 5.82 Å². The van der Waals surface area contributed by atoms with Crippen molar-refractivity contribution >= 4 is 5.82 Å². The molecule has 0 amide bonds. The van der Waals surface area contributed by atoms with E-state index in [2.05, 4.69) is 9.88 Å². The molecule has 0 bridgehead atoms. The van der Waals surface area contributed by atoms with Crippen LogP contribution >= 0.6 is 0 Å². The van der Waals surface area contributed by atoms with Crippen molar-refractivity contribution in [3.8, 4) is 5.75 Å². The van der Waals surface area contributed by atoms with Gasteiger partial charge < -0.3 is 15.4 Å². The molecule has 16 heavy (non-hydrogen) atoms. The minimum Gasteiger partial charge on any atom is -0.495 e. The quantitative estimate of drug-likeness (QED) is 0.831. The van der Waals surface area contributed by atoms with E-state index >= 15 is 0 Å². The van der Waals surface area contributed by atoms with Gasteiger partial charge in [0, 0.05) is 13.1 Å². The summed E-state index contributed by atoms with van der Waals surface area (Å²) in [6.07, 6.45) is 4.11. The van der Waals surface area contributed by atoms with Crippen LogP contribution in [0, 0.1) is 5.92 Å². The number of nitrogens with zero attached hydrogens (tertiary/aromatic N) is 2. The van der Waals surface area contributed by atoms with Crippen LogP contribution in [0.2, 0.25) is 0 Å². The van der Waals surface area contributed by atoms with E-state index in [0.717, 1.165) is 43.5 Å². The van der Waals surface area contributed by atoms with Gasteiger partial charge >= 0.3 is 0 Å². The van der Waals surface area contributed by atoms with Gasteiger partial charge in [-0.3, -0.25) is 0 Å². The summed E-state index contributed by atoms with van der Waals surface area (Å²) >= 11 is 0. The Morgan fingerprint density at radius 2 is 2.44 bits per heavy atom. The number of anilines is 1. The zero-order valence-corrected chi connectivity index (χ0v) is 9.72. The number of aromatic nitrogens is 1. The lowest BCUT2D eigenvalue weighted by molar-refractivity contribution is 0.413. The lowest BCUT2D eigenvalue weighted by Crippen LogP contribution is -2.21. The van der Waals surface area contributed by atoms with Crippen LogP contribution in [0.5, 0.6) is 5.75 Å². The van der Waals surface area contributed by atoms with Gasteiger partial charge in [0.1, 0.15) is 11.6 Å². The minimum absolute atomic E-state index is 0.730. The van der Waals surface area contributed by atoms with Gasteiger partial charge in [0.15, 0.2) is 0 Å². The van der Waals surface area contributed by atoms with E-state index in [1.165, 1.54) is 6.42 Å². The highest BCUT2D eigenvalue weighted by Gasteiger charge is 2.22. The fourth-order valence-corrected chi connectivity index (χ4v) is 2.19. The number of hydrogen-bond donors (Lipinski definition) is 1. The molecule has 1 saturated heterocycles. The van der Waals surface area contributed by atoms with Crippen LogP contribution < -0.4 is 15.4 Å². The summed E-state index contributed by atoms with van der Waals surface area (Å²) in [5, 5.41) is 0. The number of pyridine rings is 1.